The van der Waals surface area contributed by atoms with Gasteiger partial charge in [0.15, 0.2) is 0 Å². The smallest absolute Gasteiger partial charge is 0.0434 e. The lowest BCUT2D eigenvalue weighted by Crippen LogP contribution is -2.25. The van der Waals surface area contributed by atoms with Crippen molar-refractivity contribution in [3.05, 3.63) is 0 Å². The third kappa shape index (κ3) is 8.26. The van der Waals surface area contributed by atoms with Crippen molar-refractivity contribution in [2.75, 3.05) is 26.7 Å². The molecule has 0 aliphatic heterocycles. The zero-order valence-electron chi connectivity index (χ0n) is 9.42. The Hall–Kier alpha value is -0.0800. The normalized spacial score (nSPS) is 13.6. The van der Waals surface area contributed by atoms with Gasteiger partial charge in [-0.05, 0) is 32.4 Å². The first-order valence-electron chi connectivity index (χ1n) is 5.50. The van der Waals surface area contributed by atoms with Gasteiger partial charge >= 0.3 is 0 Å². The highest BCUT2D eigenvalue weighted by molar-refractivity contribution is 4.58. The molecule has 0 aromatic heterocycles. The Morgan fingerprint density at radius 3 is 2.54 bits per heavy atom. The Morgan fingerprint density at radius 2 is 2.00 bits per heavy atom. The van der Waals surface area contributed by atoms with Crippen molar-refractivity contribution in [3.8, 4) is 0 Å². The lowest BCUT2D eigenvalue weighted by molar-refractivity contribution is 0.222. The molecule has 0 aromatic carbocycles. The average Bonchev–Trinajstić information content (AvgIpc) is 2.05. The maximum absolute atomic E-state index is 8.75. The number of nitrogens with zero attached hydrogens (tertiary/aromatic N) is 1. The number of unbranched alkanes of at least 4 members (excludes halogenated alkanes) is 2. The molecule has 0 saturated heterocycles. The van der Waals surface area contributed by atoms with E-state index in [0.717, 1.165) is 13.0 Å². The van der Waals surface area contributed by atoms with Crippen LogP contribution in [0.25, 0.3) is 0 Å². The van der Waals surface area contributed by atoms with Crippen LogP contribution in [0.3, 0.4) is 0 Å². The average molecular weight is 187 g/mol. The van der Waals surface area contributed by atoms with Gasteiger partial charge in [-0.25, -0.2) is 0 Å². The summed E-state index contributed by atoms with van der Waals surface area (Å²) >= 11 is 0. The van der Waals surface area contributed by atoms with E-state index >= 15 is 0 Å². The van der Waals surface area contributed by atoms with E-state index in [1.807, 2.05) is 0 Å². The first kappa shape index (κ1) is 12.9. The summed E-state index contributed by atoms with van der Waals surface area (Å²) < 4.78 is 0. The summed E-state index contributed by atoms with van der Waals surface area (Å²) in [6.45, 7) is 7.07. The summed E-state index contributed by atoms with van der Waals surface area (Å²) in [5.74, 6) is 0.622. The fraction of sp³-hybridized carbons (Fsp3) is 1.00. The summed E-state index contributed by atoms with van der Waals surface area (Å²) in [6, 6.07) is 0. The molecular formula is C11H25NO. The predicted octanol–water partition coefficient (Wildman–Crippen LogP) is 2.13. The van der Waals surface area contributed by atoms with Gasteiger partial charge in [0.05, 0.1) is 0 Å². The second kappa shape index (κ2) is 8.52. The fourth-order valence-electron chi connectivity index (χ4n) is 1.57. The van der Waals surface area contributed by atoms with Crippen LogP contribution in [-0.4, -0.2) is 36.8 Å². The summed E-state index contributed by atoms with van der Waals surface area (Å²) in [5.41, 5.74) is 0. The van der Waals surface area contributed by atoms with E-state index in [9.17, 15) is 0 Å². The van der Waals surface area contributed by atoms with Crippen molar-refractivity contribution in [3.63, 3.8) is 0 Å². The highest BCUT2D eigenvalue weighted by atomic mass is 16.3. The molecule has 0 fully saturated rings. The summed E-state index contributed by atoms with van der Waals surface area (Å²) in [6.07, 6.45) is 4.86. The molecule has 13 heavy (non-hydrogen) atoms. The second-order valence-electron chi connectivity index (χ2n) is 4.09. The molecule has 0 saturated carbocycles. The third-order valence-corrected chi connectivity index (χ3v) is 2.39. The Morgan fingerprint density at radius 1 is 1.31 bits per heavy atom. The highest BCUT2D eigenvalue weighted by Gasteiger charge is 2.04. The van der Waals surface area contributed by atoms with Crippen molar-refractivity contribution in [2.24, 2.45) is 5.92 Å². The number of aliphatic hydroxyl groups is 1. The molecule has 2 nitrogen and oxygen atoms in total. The van der Waals surface area contributed by atoms with Crippen LogP contribution in [0.5, 0.6) is 0 Å². The molecule has 0 heterocycles. The van der Waals surface area contributed by atoms with Crippen molar-refractivity contribution in [1.82, 2.24) is 4.90 Å². The van der Waals surface area contributed by atoms with E-state index in [2.05, 4.69) is 25.8 Å². The Bertz CT molecular complexity index is 106. The third-order valence-electron chi connectivity index (χ3n) is 2.39. The number of aliphatic hydroxyl groups excluding tert-OH is 1. The standard InChI is InChI=1S/C11H25NO/c1-4-5-6-8-12(3)10-11(2)7-9-13/h11,13H,4-10H2,1-3H3. The van der Waals surface area contributed by atoms with E-state index in [1.54, 1.807) is 0 Å². The van der Waals surface area contributed by atoms with Gasteiger partial charge < -0.3 is 10.0 Å². The molecular weight excluding hydrogens is 162 g/mol. The molecule has 1 N–H and O–H groups in total. The van der Waals surface area contributed by atoms with Crippen LogP contribution in [0.1, 0.15) is 39.5 Å². The minimum Gasteiger partial charge on any atom is -0.396 e. The number of hydrogen-bond donors (Lipinski definition) is 1. The molecule has 1 atom stereocenters. The molecule has 0 aliphatic carbocycles. The minimum atomic E-state index is 0.323. The molecule has 0 rings (SSSR count). The van der Waals surface area contributed by atoms with E-state index in [1.165, 1.54) is 25.8 Å². The molecule has 0 radical (unpaired) electrons. The van der Waals surface area contributed by atoms with Crippen molar-refractivity contribution < 1.29 is 5.11 Å². The SMILES string of the molecule is CCCCCN(C)CC(C)CCO. The van der Waals surface area contributed by atoms with Crippen LogP contribution >= 0.6 is 0 Å². The maximum Gasteiger partial charge on any atom is 0.0434 e. The van der Waals surface area contributed by atoms with Gasteiger partial charge in [0.1, 0.15) is 0 Å². The van der Waals surface area contributed by atoms with Crippen molar-refractivity contribution >= 4 is 0 Å². The van der Waals surface area contributed by atoms with Gasteiger partial charge in [-0.15, -0.1) is 0 Å². The quantitative estimate of drug-likeness (QED) is 0.588. The Balaban J connectivity index is 3.32. The van der Waals surface area contributed by atoms with Gasteiger partial charge in [0.25, 0.3) is 0 Å². The molecule has 0 bridgehead atoms. The van der Waals surface area contributed by atoms with E-state index < -0.39 is 0 Å². The van der Waals surface area contributed by atoms with Crippen LogP contribution in [0, 0.1) is 5.92 Å². The molecule has 0 aliphatic rings. The Labute approximate surface area is 82.9 Å². The van der Waals surface area contributed by atoms with Crippen molar-refractivity contribution in [2.45, 2.75) is 39.5 Å². The minimum absolute atomic E-state index is 0.323. The largest absolute Gasteiger partial charge is 0.396 e. The first-order chi connectivity index (χ1) is 6.20. The molecule has 80 valence electrons. The van der Waals surface area contributed by atoms with Crippen molar-refractivity contribution in [1.29, 1.82) is 0 Å². The van der Waals surface area contributed by atoms with Gasteiger partial charge in [0, 0.05) is 13.2 Å². The van der Waals surface area contributed by atoms with E-state index in [0.29, 0.717) is 12.5 Å². The first-order valence-corrected chi connectivity index (χ1v) is 5.50. The molecule has 0 amide bonds. The highest BCUT2D eigenvalue weighted by Crippen LogP contribution is 2.04. The summed E-state index contributed by atoms with van der Waals surface area (Å²) in [4.78, 5) is 2.37. The number of rotatable bonds is 8. The van der Waals surface area contributed by atoms with E-state index in [-0.39, 0.29) is 0 Å². The lowest BCUT2D eigenvalue weighted by Gasteiger charge is -2.20. The van der Waals surface area contributed by atoms with Gasteiger partial charge in [-0.3, -0.25) is 0 Å². The zero-order valence-corrected chi connectivity index (χ0v) is 9.42. The molecule has 0 spiro atoms. The van der Waals surface area contributed by atoms with Gasteiger partial charge in [0.2, 0.25) is 0 Å². The van der Waals surface area contributed by atoms with Crippen LogP contribution in [0.2, 0.25) is 0 Å². The van der Waals surface area contributed by atoms with E-state index in [4.69, 9.17) is 5.11 Å². The van der Waals surface area contributed by atoms with Gasteiger partial charge in [-0.1, -0.05) is 26.7 Å². The summed E-state index contributed by atoms with van der Waals surface area (Å²) in [7, 11) is 2.17. The predicted molar refractivity (Wildman–Crippen MR) is 57.9 cm³/mol. The summed E-state index contributed by atoms with van der Waals surface area (Å²) in [5, 5.41) is 8.75. The lowest BCUT2D eigenvalue weighted by atomic mass is 10.1. The van der Waals surface area contributed by atoms with Crippen LogP contribution in [0.15, 0.2) is 0 Å². The van der Waals surface area contributed by atoms with Crippen LogP contribution < -0.4 is 0 Å². The Kier molecular flexibility index (Phi) is 8.46. The monoisotopic (exact) mass is 187 g/mol. The number of hydrogen-bond acceptors (Lipinski definition) is 2. The topological polar surface area (TPSA) is 23.5 Å². The van der Waals surface area contributed by atoms with Crippen LogP contribution in [-0.2, 0) is 0 Å². The maximum atomic E-state index is 8.75. The fourth-order valence-corrected chi connectivity index (χ4v) is 1.57. The van der Waals surface area contributed by atoms with Crippen LogP contribution in [0.4, 0.5) is 0 Å². The second-order valence-corrected chi connectivity index (χ2v) is 4.09. The van der Waals surface area contributed by atoms with Gasteiger partial charge in [-0.2, -0.15) is 0 Å². The zero-order chi connectivity index (χ0) is 10.1. The molecule has 0 aromatic rings. The molecule has 1 unspecified atom stereocenters. The molecule has 2 heteroatoms.